The van der Waals surface area contributed by atoms with Crippen LogP contribution in [0.3, 0.4) is 0 Å². The van der Waals surface area contributed by atoms with E-state index in [1.807, 2.05) is 48.5 Å². The molecule has 1 aliphatic rings. The van der Waals surface area contributed by atoms with Crippen molar-refractivity contribution in [1.29, 1.82) is 0 Å². The predicted octanol–water partition coefficient (Wildman–Crippen LogP) is 16.1. The quantitative estimate of drug-likeness (QED) is 0.0116. The second-order valence-corrected chi connectivity index (χ2v) is 25.3. The second-order valence-electron chi connectivity index (χ2n) is 25.3. The lowest BCUT2D eigenvalue weighted by atomic mass is 9.86. The second kappa shape index (κ2) is 43.5. The number of fused-ring (bicyclic) bond motifs is 8. The molecule has 0 aromatic heterocycles. The van der Waals surface area contributed by atoms with Gasteiger partial charge in [-0.15, -0.1) is 0 Å². The fraction of sp³-hybridized carbons (Fsp3) is 0.494. The number of rotatable bonds is 45. The van der Waals surface area contributed by atoms with Gasteiger partial charge >= 0.3 is 29.8 Å². The molecule has 0 heterocycles. The van der Waals surface area contributed by atoms with Gasteiger partial charge in [0.05, 0.1) is 60.0 Å². The molecular weight excluding hydrogens is 1260 g/mol. The summed E-state index contributed by atoms with van der Waals surface area (Å²) >= 11 is 0. The molecule has 4 aromatic rings. The monoisotopic (exact) mass is 1360 g/mol. The summed E-state index contributed by atoms with van der Waals surface area (Å²) in [6.07, 6.45) is 13.2. The van der Waals surface area contributed by atoms with Crippen molar-refractivity contribution in [3.05, 3.63) is 164 Å². The van der Waals surface area contributed by atoms with E-state index in [1.54, 1.807) is 20.8 Å². The van der Waals surface area contributed by atoms with Crippen molar-refractivity contribution >= 4 is 53.0 Å². The average molecular weight is 1370 g/mol. The van der Waals surface area contributed by atoms with Crippen molar-refractivity contribution in [2.24, 2.45) is 0 Å². The first kappa shape index (κ1) is 80.7. The first-order valence-corrected chi connectivity index (χ1v) is 35.3. The zero-order chi connectivity index (χ0) is 72.2. The van der Waals surface area contributed by atoms with Crippen LogP contribution in [0.15, 0.2) is 97.1 Å². The van der Waals surface area contributed by atoms with Gasteiger partial charge < -0.3 is 42.6 Å². The van der Waals surface area contributed by atoms with Gasteiger partial charge in [0.1, 0.15) is 23.0 Å². The van der Waals surface area contributed by atoms with E-state index in [4.69, 9.17) is 37.9 Å². The van der Waals surface area contributed by atoms with E-state index < -0.39 is 29.8 Å². The normalized spacial score (nSPS) is 11.6. The molecule has 99 heavy (non-hydrogen) atoms. The first-order chi connectivity index (χ1) is 47.6. The summed E-state index contributed by atoms with van der Waals surface area (Å²) in [7, 11) is 1.19. The number of carbonyl (C=O) groups is 9. The molecule has 4 aromatic carbocycles. The molecule has 0 unspecified atom stereocenters. The van der Waals surface area contributed by atoms with Crippen LogP contribution >= 0.6 is 0 Å². The summed E-state index contributed by atoms with van der Waals surface area (Å²) in [6, 6.07) is 14.6. The number of ketones is 4. The summed E-state index contributed by atoms with van der Waals surface area (Å²) < 4.78 is 54.6. The lowest BCUT2D eigenvalue weighted by molar-refractivity contribution is -0.140. The van der Waals surface area contributed by atoms with Crippen LogP contribution in [-0.2, 0) is 73.3 Å². The highest BCUT2D eigenvalue weighted by Crippen LogP contribution is 2.42. The van der Waals surface area contributed by atoms with E-state index >= 15 is 0 Å². The molecule has 8 bridgehead atoms. The van der Waals surface area contributed by atoms with Crippen LogP contribution in [-0.4, -0.2) is 113 Å². The molecule has 18 nitrogen and oxygen atoms in total. The Balaban J connectivity index is 1.99. The van der Waals surface area contributed by atoms with Gasteiger partial charge in [0, 0.05) is 128 Å². The van der Waals surface area contributed by atoms with Crippen LogP contribution in [0.5, 0.6) is 23.0 Å². The molecule has 536 valence electrons. The standard InChI is InChI=1S/C81H104O18/c1-12-16-20-28-69(82)57-42-61-50-63-44-58(70(83)29-21-17-13-2)46-65(76(63)94-36-25-39-97-79(88)54(5)6)52-67-48-60(72(85)31-23-19-15-4)49-68(78(67)96-38-27-41-99-81(90)56(9)10)53-66-47-59(71(84)30-22-18-14-3)45-64(77(66)95-37-26-40-98-80(89)55(7)8)51-62(43-57)75(61)93-35-24-34-92-74(87)33-32-73(86)91-11/h32-33,42-49H,5,7,9,12-31,34-41,50-53H2,1-4,6,8,10-11H3/b33-32-. The Kier molecular flexibility index (Phi) is 35.5. The number of hydrogen-bond acceptors (Lipinski definition) is 18. The Morgan fingerprint density at radius 1 is 0.323 bits per heavy atom. The lowest BCUT2D eigenvalue weighted by Gasteiger charge is -2.25. The average Bonchev–Trinajstić information content (AvgIpc) is 0.773. The molecule has 1 aliphatic carbocycles. The van der Waals surface area contributed by atoms with Crippen LogP contribution in [0.4, 0.5) is 0 Å². The Morgan fingerprint density at radius 3 is 0.758 bits per heavy atom. The third kappa shape index (κ3) is 27.0. The maximum absolute atomic E-state index is 14.9. The maximum Gasteiger partial charge on any atom is 0.333 e. The van der Waals surface area contributed by atoms with Gasteiger partial charge in [-0.25, -0.2) is 24.0 Å². The lowest BCUT2D eigenvalue weighted by Crippen LogP contribution is -2.15. The molecule has 5 rings (SSSR count). The minimum absolute atomic E-state index is 0.00221. The minimum atomic E-state index is -0.773. The Hall–Kier alpha value is -8.93. The van der Waals surface area contributed by atoms with Crippen LogP contribution in [0, 0.1) is 0 Å². The maximum atomic E-state index is 14.9. The third-order valence-electron chi connectivity index (χ3n) is 16.5. The SMILES string of the molecule is C=C(C)C(=O)OCCCOc1c2cc(C(=O)CCCCC)cc1Cc1cc(C(=O)CCCCC)cc(c1OCCCOC(=O)C(=C)C)Cc1cc(C(=O)CCCCC)cc(c1OCCCOC(=O)C(=C)C)Cc1cc(C(=O)CCCCC)cc(c1OCCCOC(=O)/C=C\C(=O)OC)C2. The van der Waals surface area contributed by atoms with E-state index in [2.05, 4.69) is 52.2 Å². The Morgan fingerprint density at radius 2 is 0.545 bits per heavy atom. The molecule has 0 amide bonds. The highest BCUT2D eigenvalue weighted by molar-refractivity contribution is 5.99. The number of methoxy groups -OCH3 is 1. The van der Waals surface area contributed by atoms with Crippen LogP contribution in [0.2, 0.25) is 0 Å². The molecule has 0 saturated carbocycles. The highest BCUT2D eigenvalue weighted by atomic mass is 16.6. The molecule has 0 atom stereocenters. The largest absolute Gasteiger partial charge is 0.493 e. The van der Waals surface area contributed by atoms with Gasteiger partial charge in [-0.05, 0) is 139 Å². The Labute approximate surface area is 585 Å². The molecule has 0 spiro atoms. The summed E-state index contributed by atoms with van der Waals surface area (Å²) in [5, 5.41) is 0. The predicted molar refractivity (Wildman–Crippen MR) is 381 cm³/mol. The number of benzene rings is 4. The van der Waals surface area contributed by atoms with Gasteiger partial charge in [0.25, 0.3) is 0 Å². The van der Waals surface area contributed by atoms with E-state index in [9.17, 15) is 43.2 Å². The molecule has 0 radical (unpaired) electrons. The van der Waals surface area contributed by atoms with Gasteiger partial charge in [-0.3, -0.25) is 19.2 Å². The fourth-order valence-electron chi connectivity index (χ4n) is 11.2. The summed E-state index contributed by atoms with van der Waals surface area (Å²) in [5.41, 5.74) is 6.67. The molecular formula is C81H104O18. The Bertz CT molecular complexity index is 3370. The fourth-order valence-corrected chi connectivity index (χ4v) is 11.2. The van der Waals surface area contributed by atoms with E-state index in [0.29, 0.717) is 115 Å². The van der Waals surface area contributed by atoms with Crippen molar-refractivity contribution < 1.29 is 85.8 Å². The smallest absolute Gasteiger partial charge is 0.333 e. The summed E-state index contributed by atoms with van der Waals surface area (Å²) in [5.74, 6) is -2.10. The summed E-state index contributed by atoms with van der Waals surface area (Å²) in [4.78, 5) is 122. The van der Waals surface area contributed by atoms with Crippen LogP contribution in [0.25, 0.3) is 0 Å². The van der Waals surface area contributed by atoms with Crippen LogP contribution in [0.1, 0.15) is 263 Å². The number of unbranched alkanes of at least 4 members (excludes halogenated alkanes) is 8. The van der Waals surface area contributed by atoms with Crippen molar-refractivity contribution in [1.82, 2.24) is 0 Å². The third-order valence-corrected chi connectivity index (χ3v) is 16.5. The number of esters is 5. The highest BCUT2D eigenvalue weighted by Gasteiger charge is 2.28. The number of Topliss-reactive ketones (excluding diaryl/α,β-unsaturated/α-hetero) is 4. The van der Waals surface area contributed by atoms with Crippen molar-refractivity contribution in [2.45, 2.75) is 203 Å². The van der Waals surface area contributed by atoms with Gasteiger partial charge in [-0.1, -0.05) is 98.8 Å². The zero-order valence-electron chi connectivity index (χ0n) is 59.9. The molecule has 0 fully saturated rings. The van der Waals surface area contributed by atoms with Crippen molar-refractivity contribution in [3.63, 3.8) is 0 Å². The number of carbonyl (C=O) groups excluding carboxylic acids is 9. The van der Waals surface area contributed by atoms with E-state index in [-0.39, 0.29) is 170 Å². The minimum Gasteiger partial charge on any atom is -0.493 e. The molecule has 0 saturated heterocycles. The number of hydrogen-bond donors (Lipinski definition) is 0. The molecule has 18 heteroatoms. The molecule has 0 N–H and O–H groups in total. The van der Waals surface area contributed by atoms with E-state index in [0.717, 1.165) is 63.5 Å². The van der Waals surface area contributed by atoms with Crippen molar-refractivity contribution in [3.8, 4) is 23.0 Å². The van der Waals surface area contributed by atoms with Crippen LogP contribution < -0.4 is 18.9 Å². The van der Waals surface area contributed by atoms with E-state index in [1.165, 1.54) is 7.11 Å². The first-order valence-electron chi connectivity index (χ1n) is 35.3. The molecule has 0 aliphatic heterocycles. The van der Waals surface area contributed by atoms with Gasteiger partial charge in [0.2, 0.25) is 0 Å². The summed E-state index contributed by atoms with van der Waals surface area (Å²) in [6.45, 7) is 24.1. The van der Waals surface area contributed by atoms with Gasteiger partial charge in [-0.2, -0.15) is 0 Å². The van der Waals surface area contributed by atoms with Crippen molar-refractivity contribution in [2.75, 3.05) is 60.0 Å². The topological polar surface area (TPSA) is 237 Å². The van der Waals surface area contributed by atoms with Gasteiger partial charge in [0.15, 0.2) is 23.1 Å². The zero-order valence-corrected chi connectivity index (χ0v) is 59.9. The number of ether oxygens (including phenoxy) is 9.